The molecule has 1 saturated heterocycles. The lowest BCUT2D eigenvalue weighted by Gasteiger charge is -2.31. The van der Waals surface area contributed by atoms with E-state index >= 15 is 0 Å². The topological polar surface area (TPSA) is 62.6 Å². The van der Waals surface area contributed by atoms with E-state index in [9.17, 15) is 8.42 Å². The summed E-state index contributed by atoms with van der Waals surface area (Å²) >= 11 is 1.74. The maximum absolute atomic E-state index is 11.8. The average molecular weight is 332 g/mol. The molecule has 0 saturated carbocycles. The second-order valence-electron chi connectivity index (χ2n) is 5.26. The van der Waals surface area contributed by atoms with Crippen molar-refractivity contribution in [3.8, 4) is 0 Å². The summed E-state index contributed by atoms with van der Waals surface area (Å²) in [7, 11) is -3.03. The maximum Gasteiger partial charge on any atom is 0.213 e. The fourth-order valence-corrected chi connectivity index (χ4v) is 4.07. The van der Waals surface area contributed by atoms with E-state index in [0.29, 0.717) is 25.7 Å². The molecule has 0 amide bonds. The number of nitrogens with one attached hydrogen (secondary N) is 1. The lowest BCUT2D eigenvalue weighted by atomic mass is 10.1. The van der Waals surface area contributed by atoms with Gasteiger partial charge in [0.15, 0.2) is 0 Å². The Labute approximate surface area is 131 Å². The zero-order valence-corrected chi connectivity index (χ0v) is 14.3. The normalized spacial score (nSPS) is 18.2. The Morgan fingerprint density at radius 2 is 2.00 bits per heavy atom. The second-order valence-corrected chi connectivity index (χ2v) is 8.38. The molecule has 1 aliphatic rings. The highest BCUT2D eigenvalue weighted by Crippen LogP contribution is 2.16. The largest absolute Gasteiger partial charge is 0.464 e. The Hall–Kier alpha value is -0.500. The standard InChI is InChI=1S/C14H24N2O3S2/c1-3-21(17,18)16-8-6-12(7-9-16)15-10-13-4-5-14(19-13)11-20-2/h4-5,12,15H,3,6-11H2,1-2H3. The Morgan fingerprint density at radius 1 is 1.33 bits per heavy atom. The Morgan fingerprint density at radius 3 is 2.62 bits per heavy atom. The van der Waals surface area contributed by atoms with E-state index in [4.69, 9.17) is 4.42 Å². The van der Waals surface area contributed by atoms with Crippen LogP contribution in [-0.2, 0) is 22.3 Å². The van der Waals surface area contributed by atoms with Gasteiger partial charge in [0.1, 0.15) is 11.5 Å². The van der Waals surface area contributed by atoms with Gasteiger partial charge in [-0.15, -0.1) is 0 Å². The lowest BCUT2D eigenvalue weighted by Crippen LogP contribution is -2.45. The van der Waals surface area contributed by atoms with Crippen molar-refractivity contribution in [3.05, 3.63) is 23.7 Å². The molecule has 1 fully saturated rings. The third-order valence-electron chi connectivity index (χ3n) is 3.78. The predicted octanol–water partition coefficient (Wildman–Crippen LogP) is 2.05. The lowest BCUT2D eigenvalue weighted by molar-refractivity contribution is 0.283. The molecule has 0 aromatic carbocycles. The van der Waals surface area contributed by atoms with Gasteiger partial charge in [0.25, 0.3) is 0 Å². The first-order chi connectivity index (χ1) is 10.0. The number of furan rings is 1. The molecule has 1 aliphatic heterocycles. The highest BCUT2D eigenvalue weighted by Gasteiger charge is 2.26. The summed E-state index contributed by atoms with van der Waals surface area (Å²) in [4.78, 5) is 0. The molecule has 0 bridgehead atoms. The van der Waals surface area contributed by atoms with Gasteiger partial charge in [0.05, 0.1) is 18.1 Å². The first-order valence-corrected chi connectivity index (χ1v) is 10.3. The molecule has 120 valence electrons. The fourth-order valence-electron chi connectivity index (χ4n) is 2.50. The first-order valence-electron chi connectivity index (χ1n) is 7.33. The summed E-state index contributed by atoms with van der Waals surface area (Å²) in [6.45, 7) is 3.63. The van der Waals surface area contributed by atoms with Crippen LogP contribution < -0.4 is 5.32 Å². The molecular formula is C14H24N2O3S2. The summed E-state index contributed by atoms with van der Waals surface area (Å²) in [6, 6.07) is 4.39. The smallest absolute Gasteiger partial charge is 0.213 e. The van der Waals surface area contributed by atoms with Crippen molar-refractivity contribution in [1.29, 1.82) is 0 Å². The van der Waals surface area contributed by atoms with Crippen molar-refractivity contribution in [2.24, 2.45) is 0 Å². The first kappa shape index (κ1) is 16.9. The van der Waals surface area contributed by atoms with Gasteiger partial charge >= 0.3 is 0 Å². The van der Waals surface area contributed by atoms with E-state index in [-0.39, 0.29) is 5.75 Å². The molecule has 7 heteroatoms. The zero-order chi connectivity index (χ0) is 15.3. The number of hydrogen-bond donors (Lipinski definition) is 1. The van der Waals surface area contributed by atoms with E-state index in [0.717, 1.165) is 30.1 Å². The number of hydrogen-bond acceptors (Lipinski definition) is 5. The van der Waals surface area contributed by atoms with Gasteiger partial charge in [-0.3, -0.25) is 0 Å². The number of piperidine rings is 1. The summed E-state index contributed by atoms with van der Waals surface area (Å²) in [6.07, 6.45) is 3.77. The minimum atomic E-state index is -3.03. The number of nitrogens with zero attached hydrogens (tertiary/aromatic N) is 1. The maximum atomic E-state index is 11.8. The molecule has 2 heterocycles. The molecule has 21 heavy (non-hydrogen) atoms. The van der Waals surface area contributed by atoms with Crippen LogP contribution in [0.25, 0.3) is 0 Å². The minimum Gasteiger partial charge on any atom is -0.464 e. The van der Waals surface area contributed by atoms with Crippen molar-refractivity contribution in [2.45, 2.75) is 38.1 Å². The van der Waals surface area contributed by atoms with Crippen LogP contribution in [0.2, 0.25) is 0 Å². The molecule has 0 radical (unpaired) electrons. The van der Waals surface area contributed by atoms with Crippen LogP contribution in [0.4, 0.5) is 0 Å². The average Bonchev–Trinajstić information content (AvgIpc) is 2.94. The molecule has 5 nitrogen and oxygen atoms in total. The van der Waals surface area contributed by atoms with Gasteiger partial charge in [0.2, 0.25) is 10.0 Å². The van der Waals surface area contributed by atoms with Crippen LogP contribution in [0, 0.1) is 0 Å². The van der Waals surface area contributed by atoms with E-state index < -0.39 is 10.0 Å². The number of rotatable bonds is 7. The van der Waals surface area contributed by atoms with Crippen molar-refractivity contribution in [1.82, 2.24) is 9.62 Å². The quantitative estimate of drug-likeness (QED) is 0.828. The molecule has 1 N–H and O–H groups in total. The molecule has 0 atom stereocenters. The van der Waals surface area contributed by atoms with Gasteiger partial charge in [-0.1, -0.05) is 0 Å². The Kier molecular flexibility index (Phi) is 6.16. The molecular weight excluding hydrogens is 308 g/mol. The van der Waals surface area contributed by atoms with Gasteiger partial charge < -0.3 is 9.73 Å². The van der Waals surface area contributed by atoms with Crippen LogP contribution in [0.3, 0.4) is 0 Å². The SMILES string of the molecule is CCS(=O)(=O)N1CCC(NCc2ccc(CSC)o2)CC1. The molecule has 2 rings (SSSR count). The van der Waals surface area contributed by atoms with Gasteiger partial charge in [-0.05, 0) is 38.2 Å². The minimum absolute atomic E-state index is 0.190. The van der Waals surface area contributed by atoms with Crippen LogP contribution in [0.5, 0.6) is 0 Å². The summed E-state index contributed by atoms with van der Waals surface area (Å²) in [5.74, 6) is 3.04. The molecule has 1 aromatic heterocycles. The van der Waals surface area contributed by atoms with Crippen LogP contribution >= 0.6 is 11.8 Å². The van der Waals surface area contributed by atoms with Gasteiger partial charge in [0, 0.05) is 19.1 Å². The Bertz CT molecular complexity index is 534. The molecule has 0 unspecified atom stereocenters. The van der Waals surface area contributed by atoms with E-state index in [2.05, 4.69) is 11.6 Å². The van der Waals surface area contributed by atoms with Gasteiger partial charge in [-0.25, -0.2) is 12.7 Å². The number of thioether (sulfide) groups is 1. The molecule has 0 spiro atoms. The summed E-state index contributed by atoms with van der Waals surface area (Å²) in [5.41, 5.74) is 0. The molecule has 1 aromatic rings. The predicted molar refractivity (Wildman–Crippen MR) is 86.8 cm³/mol. The van der Waals surface area contributed by atoms with Crippen LogP contribution in [0.1, 0.15) is 31.3 Å². The third kappa shape index (κ3) is 4.74. The van der Waals surface area contributed by atoms with E-state index in [1.54, 1.807) is 23.0 Å². The van der Waals surface area contributed by atoms with Crippen molar-refractivity contribution in [2.75, 3.05) is 25.1 Å². The monoisotopic (exact) mass is 332 g/mol. The van der Waals surface area contributed by atoms with Crippen molar-refractivity contribution >= 4 is 21.8 Å². The summed E-state index contributed by atoms with van der Waals surface area (Å²) in [5, 5.41) is 3.46. The van der Waals surface area contributed by atoms with Gasteiger partial charge in [-0.2, -0.15) is 11.8 Å². The summed E-state index contributed by atoms with van der Waals surface area (Å²) < 4.78 is 30.9. The number of sulfonamides is 1. The molecule has 0 aliphatic carbocycles. The van der Waals surface area contributed by atoms with E-state index in [1.165, 1.54) is 0 Å². The zero-order valence-electron chi connectivity index (χ0n) is 12.7. The third-order valence-corrected chi connectivity index (χ3v) is 6.24. The van der Waals surface area contributed by atoms with Crippen LogP contribution in [-0.4, -0.2) is 43.9 Å². The highest BCUT2D eigenvalue weighted by molar-refractivity contribution is 7.97. The Balaban J connectivity index is 1.76. The second kappa shape index (κ2) is 7.67. The van der Waals surface area contributed by atoms with Crippen LogP contribution in [0.15, 0.2) is 16.5 Å². The van der Waals surface area contributed by atoms with Crippen molar-refractivity contribution < 1.29 is 12.8 Å². The highest BCUT2D eigenvalue weighted by atomic mass is 32.2. The van der Waals surface area contributed by atoms with E-state index in [1.807, 2.05) is 12.1 Å². The fraction of sp³-hybridized carbons (Fsp3) is 0.714. The van der Waals surface area contributed by atoms with Crippen molar-refractivity contribution in [3.63, 3.8) is 0 Å².